The predicted octanol–water partition coefficient (Wildman–Crippen LogP) is 3.94. The van der Waals surface area contributed by atoms with Crippen LogP contribution in [0.2, 0.25) is 5.15 Å². The van der Waals surface area contributed by atoms with Crippen LogP contribution in [0.5, 0.6) is 0 Å². The second kappa shape index (κ2) is 6.67. The third kappa shape index (κ3) is 4.29. The lowest BCUT2D eigenvalue weighted by molar-refractivity contribution is -0.757. The van der Waals surface area contributed by atoms with Crippen LogP contribution in [0.15, 0.2) is 12.1 Å². The van der Waals surface area contributed by atoms with Gasteiger partial charge in [-0.2, -0.15) is 13.2 Å². The summed E-state index contributed by atoms with van der Waals surface area (Å²) in [7, 11) is 0. The Balaban J connectivity index is 2.24. The highest BCUT2D eigenvalue weighted by Crippen LogP contribution is 2.35. The predicted molar refractivity (Wildman–Crippen MR) is 76.7 cm³/mol. The monoisotopic (exact) mass is 367 g/mol. The minimum Gasteiger partial charge on any atom is -0.314 e. The van der Waals surface area contributed by atoms with Gasteiger partial charge in [-0.15, -0.1) is 21.5 Å². The van der Waals surface area contributed by atoms with Crippen LogP contribution in [-0.4, -0.2) is 21.7 Å². The quantitative estimate of drug-likeness (QED) is 0.454. The molecule has 2 aromatic rings. The van der Waals surface area contributed by atoms with E-state index in [-0.39, 0.29) is 23.7 Å². The molecule has 2 heterocycles. The summed E-state index contributed by atoms with van der Waals surface area (Å²) in [6.07, 6.45) is -4.32. The number of pyridine rings is 1. The van der Waals surface area contributed by atoms with Crippen molar-refractivity contribution in [1.29, 1.82) is 0 Å². The minimum absolute atomic E-state index is 0.130. The molecule has 2 aromatic heterocycles. The Hall–Kier alpha value is -1.94. The lowest BCUT2D eigenvalue weighted by Crippen LogP contribution is -2.07. The van der Waals surface area contributed by atoms with Crippen LogP contribution in [-0.2, 0) is 17.4 Å². The molecule has 0 aliphatic heterocycles. The lowest BCUT2D eigenvalue weighted by atomic mass is 10.2. The Morgan fingerprint density at radius 2 is 2.09 bits per heavy atom. The van der Waals surface area contributed by atoms with E-state index in [1.54, 1.807) is 6.92 Å². The Kier molecular flexibility index (Phi) is 5.05. The van der Waals surface area contributed by atoms with Gasteiger partial charge in [-0.1, -0.05) is 11.6 Å². The average Bonchev–Trinajstić information content (AvgIpc) is 2.78. The number of rotatable bonds is 5. The molecule has 0 N–H and O–H groups in total. The molecular weight excluding hydrogens is 359 g/mol. The standard InChI is InChI=1S/C12H9ClF3N3O3S/c1-6-8(4-5-22-19(20)21)23-11(17-6)7-2-3-9(12(14,15)16)18-10(7)13/h2-3H,4-5H2,1H3. The maximum Gasteiger partial charge on any atom is 0.433 e. The van der Waals surface area contributed by atoms with Gasteiger partial charge in [-0.3, -0.25) is 0 Å². The van der Waals surface area contributed by atoms with Crippen molar-refractivity contribution >= 4 is 22.9 Å². The molecule has 124 valence electrons. The van der Waals surface area contributed by atoms with Crippen molar-refractivity contribution in [3.05, 3.63) is 43.7 Å². The summed E-state index contributed by atoms with van der Waals surface area (Å²) in [5.41, 5.74) is -0.207. The van der Waals surface area contributed by atoms with Crippen molar-refractivity contribution in [1.82, 2.24) is 9.97 Å². The van der Waals surface area contributed by atoms with Gasteiger partial charge in [0.2, 0.25) is 0 Å². The first-order chi connectivity index (χ1) is 10.7. The van der Waals surface area contributed by atoms with Crippen molar-refractivity contribution in [3.63, 3.8) is 0 Å². The fourth-order valence-corrected chi connectivity index (χ4v) is 3.11. The summed E-state index contributed by atoms with van der Waals surface area (Å²) in [5, 5.41) is 9.31. The largest absolute Gasteiger partial charge is 0.433 e. The van der Waals surface area contributed by atoms with Crippen LogP contribution < -0.4 is 0 Å². The fraction of sp³-hybridized carbons (Fsp3) is 0.333. The number of aryl methyl sites for hydroxylation is 1. The molecule has 0 saturated carbocycles. The SMILES string of the molecule is Cc1nc(-c2ccc(C(F)(F)F)nc2Cl)sc1CCO[N+](=O)[O-]. The van der Waals surface area contributed by atoms with Crippen LogP contribution in [0.25, 0.3) is 10.6 Å². The van der Waals surface area contributed by atoms with Crippen molar-refractivity contribution in [2.24, 2.45) is 0 Å². The smallest absolute Gasteiger partial charge is 0.314 e. The molecule has 0 bridgehead atoms. The molecule has 0 aliphatic rings. The highest BCUT2D eigenvalue weighted by Gasteiger charge is 2.33. The van der Waals surface area contributed by atoms with Crippen LogP contribution in [0.1, 0.15) is 16.3 Å². The van der Waals surface area contributed by atoms with Crippen molar-refractivity contribution in [3.8, 4) is 10.6 Å². The average molecular weight is 368 g/mol. The summed E-state index contributed by atoms with van der Waals surface area (Å²) in [4.78, 5) is 22.6. The molecular formula is C12H9ClF3N3O3S. The van der Waals surface area contributed by atoms with Gasteiger partial charge in [0, 0.05) is 16.9 Å². The van der Waals surface area contributed by atoms with Crippen LogP contribution in [0, 0.1) is 17.0 Å². The third-order valence-corrected chi connectivity index (χ3v) is 4.33. The van der Waals surface area contributed by atoms with Gasteiger partial charge in [-0.05, 0) is 19.1 Å². The first-order valence-electron chi connectivity index (χ1n) is 6.16. The molecule has 0 radical (unpaired) electrons. The number of hydrogen-bond donors (Lipinski definition) is 0. The van der Waals surface area contributed by atoms with E-state index >= 15 is 0 Å². The van der Waals surface area contributed by atoms with Crippen molar-refractivity contribution in [2.75, 3.05) is 6.61 Å². The highest BCUT2D eigenvalue weighted by atomic mass is 35.5. The summed E-state index contributed by atoms with van der Waals surface area (Å²) in [6, 6.07) is 2.03. The molecule has 23 heavy (non-hydrogen) atoms. The number of halogens is 4. The van der Waals surface area contributed by atoms with E-state index in [1.807, 2.05) is 0 Å². The van der Waals surface area contributed by atoms with Gasteiger partial charge in [0.1, 0.15) is 22.5 Å². The lowest BCUT2D eigenvalue weighted by Gasteiger charge is -2.07. The van der Waals surface area contributed by atoms with E-state index in [0.717, 1.165) is 10.9 Å². The van der Waals surface area contributed by atoms with Crippen molar-refractivity contribution in [2.45, 2.75) is 19.5 Å². The molecule has 0 amide bonds. The van der Waals surface area contributed by atoms with Crippen LogP contribution in [0.4, 0.5) is 13.2 Å². The first-order valence-corrected chi connectivity index (χ1v) is 7.35. The number of aromatic nitrogens is 2. The van der Waals surface area contributed by atoms with Gasteiger partial charge in [-0.25, -0.2) is 9.97 Å². The van der Waals surface area contributed by atoms with E-state index in [0.29, 0.717) is 10.7 Å². The van der Waals surface area contributed by atoms with Gasteiger partial charge in [0.15, 0.2) is 0 Å². The Morgan fingerprint density at radius 1 is 1.39 bits per heavy atom. The van der Waals surface area contributed by atoms with Gasteiger partial charge < -0.3 is 4.84 Å². The van der Waals surface area contributed by atoms with Crippen LogP contribution >= 0.6 is 22.9 Å². The number of nitrogens with zero attached hydrogens (tertiary/aromatic N) is 3. The van der Waals surface area contributed by atoms with Gasteiger partial charge in [0.05, 0.1) is 5.69 Å². The number of alkyl halides is 3. The topological polar surface area (TPSA) is 78.2 Å². The minimum atomic E-state index is -4.58. The zero-order valence-electron chi connectivity index (χ0n) is 11.6. The maximum absolute atomic E-state index is 12.6. The summed E-state index contributed by atoms with van der Waals surface area (Å²) in [5.74, 6) is 0. The molecule has 0 aromatic carbocycles. The molecule has 11 heteroatoms. The van der Waals surface area contributed by atoms with Crippen molar-refractivity contribution < 1.29 is 23.1 Å². The molecule has 0 saturated heterocycles. The Morgan fingerprint density at radius 3 is 2.65 bits per heavy atom. The number of hydrogen-bond acceptors (Lipinski definition) is 6. The molecule has 6 nitrogen and oxygen atoms in total. The van der Waals surface area contributed by atoms with E-state index < -0.39 is 17.0 Å². The Bertz CT molecular complexity index is 736. The highest BCUT2D eigenvalue weighted by molar-refractivity contribution is 7.15. The van der Waals surface area contributed by atoms with E-state index in [2.05, 4.69) is 14.8 Å². The summed E-state index contributed by atoms with van der Waals surface area (Å²) >= 11 is 6.99. The molecule has 0 fully saturated rings. The van der Waals surface area contributed by atoms with E-state index in [4.69, 9.17) is 11.6 Å². The molecule has 0 unspecified atom stereocenters. The maximum atomic E-state index is 12.6. The molecule has 0 spiro atoms. The second-order valence-corrected chi connectivity index (χ2v) is 5.81. The molecule has 0 atom stereocenters. The number of thiazole rings is 1. The normalized spacial score (nSPS) is 11.5. The van der Waals surface area contributed by atoms with E-state index in [9.17, 15) is 23.3 Å². The molecule has 2 rings (SSSR count). The summed E-state index contributed by atoms with van der Waals surface area (Å²) in [6.45, 7) is 1.56. The second-order valence-electron chi connectivity index (χ2n) is 4.37. The Labute approximate surface area is 137 Å². The molecule has 0 aliphatic carbocycles. The fourth-order valence-electron chi connectivity index (χ4n) is 1.74. The van der Waals surface area contributed by atoms with E-state index in [1.165, 1.54) is 17.4 Å². The van der Waals surface area contributed by atoms with Crippen LogP contribution in [0.3, 0.4) is 0 Å². The zero-order chi connectivity index (χ0) is 17.2. The summed E-state index contributed by atoms with van der Waals surface area (Å²) < 4.78 is 37.7. The van der Waals surface area contributed by atoms with Gasteiger partial charge >= 0.3 is 6.18 Å². The zero-order valence-corrected chi connectivity index (χ0v) is 13.1. The van der Waals surface area contributed by atoms with Gasteiger partial charge in [0.25, 0.3) is 5.09 Å². The third-order valence-electron chi connectivity index (χ3n) is 2.79. The first kappa shape index (κ1) is 17.4.